The van der Waals surface area contributed by atoms with Crippen LogP contribution in [0.5, 0.6) is 0 Å². The molecule has 1 atom stereocenters. The summed E-state index contributed by atoms with van der Waals surface area (Å²) in [5.41, 5.74) is 5.64. The predicted molar refractivity (Wildman–Crippen MR) is 78.7 cm³/mol. The molecule has 22 heavy (non-hydrogen) atoms. The van der Waals surface area contributed by atoms with Crippen molar-refractivity contribution < 1.29 is 11.8 Å². The molecule has 0 radical (unpaired) electrons. The minimum absolute atomic E-state index is 0.366. The number of nitriles is 5. The van der Waals surface area contributed by atoms with Crippen LogP contribution in [0.4, 0.5) is 0 Å². The van der Waals surface area contributed by atoms with Gasteiger partial charge < -0.3 is 10.6 Å². The van der Waals surface area contributed by atoms with Gasteiger partial charge >= 0.3 is 62.9 Å². The van der Waals surface area contributed by atoms with Crippen LogP contribution in [-0.4, -0.2) is 30.6 Å². The molecule has 0 aliphatic heterocycles. The third-order valence-electron chi connectivity index (χ3n) is 2.82. The summed E-state index contributed by atoms with van der Waals surface area (Å²) in [6.07, 6.45) is 2.38. The van der Waals surface area contributed by atoms with Gasteiger partial charge in [-0.2, -0.15) is 0 Å². The predicted octanol–water partition coefficient (Wildman–Crippen LogP) is 1.54. The average Bonchev–Trinajstić information content (AvgIpc) is 2.56. The van der Waals surface area contributed by atoms with Gasteiger partial charge in [0, 0.05) is 6.04 Å². The topological polar surface area (TPSA) is 148 Å². The summed E-state index contributed by atoms with van der Waals surface area (Å²) < 4.78 is 0. The van der Waals surface area contributed by atoms with Gasteiger partial charge in [0.2, 0.25) is 0 Å². The number of nitrogens with two attached hydrogens (primary N) is 1. The van der Waals surface area contributed by atoms with Gasteiger partial charge in [-0.15, -0.1) is 0 Å². The first-order valence-electron chi connectivity index (χ1n) is 6.68. The first kappa shape index (κ1) is 22.2. The van der Waals surface area contributed by atoms with Crippen LogP contribution in [0.3, 0.4) is 0 Å². The normalized spacial score (nSPS) is 12.6. The summed E-state index contributed by atoms with van der Waals surface area (Å²) in [6, 6.07) is 0.366. The molecule has 0 aromatic rings. The molecule has 0 heterocycles. The second-order valence-corrected chi connectivity index (χ2v) is 8.42. The molecule has 0 spiro atoms. The summed E-state index contributed by atoms with van der Waals surface area (Å²) in [6.45, 7) is 10.0. The van der Waals surface area contributed by atoms with E-state index in [2.05, 4.69) is 25.7 Å². The van der Waals surface area contributed by atoms with Crippen molar-refractivity contribution in [2.45, 2.75) is 39.7 Å². The van der Waals surface area contributed by atoms with Crippen LogP contribution in [0, 0.1) is 51.1 Å². The zero-order valence-electron chi connectivity index (χ0n) is 13.2. The molecule has 0 aromatic heterocycles. The average molecular weight is 344 g/mol. The molecule has 0 fully saturated rings. The van der Waals surface area contributed by atoms with E-state index in [0.717, 1.165) is 19.5 Å². The zero-order chi connectivity index (χ0) is 17.7. The fourth-order valence-corrected chi connectivity index (χ4v) is 1.91. The minimum atomic E-state index is -4.78. The molecule has 0 amide bonds. The summed E-state index contributed by atoms with van der Waals surface area (Å²) in [7, 11) is 0. The van der Waals surface area contributed by atoms with E-state index in [9.17, 15) is 0 Å². The van der Waals surface area contributed by atoms with E-state index in [-0.39, 0.29) is 0 Å². The second kappa shape index (κ2) is 10.6. The number of hydrogen-bond acceptors (Lipinski definition) is 7. The summed E-state index contributed by atoms with van der Waals surface area (Å²) in [5, 5.41) is 41.8. The van der Waals surface area contributed by atoms with Crippen LogP contribution in [0.2, 0.25) is 0 Å². The Hall–Kier alpha value is -2.11. The van der Waals surface area contributed by atoms with E-state index in [4.69, 9.17) is 32.0 Å². The van der Waals surface area contributed by atoms with Crippen LogP contribution in [0.25, 0.3) is 0 Å². The third-order valence-corrected chi connectivity index (χ3v) is 5.29. The summed E-state index contributed by atoms with van der Waals surface area (Å²) in [5.74, 6) is 0. The first-order valence-corrected chi connectivity index (χ1v) is 9.44. The van der Waals surface area contributed by atoms with E-state index in [1.54, 1.807) is 0 Å². The Morgan fingerprint density at radius 3 is 1.45 bits per heavy atom. The molecule has 0 rings (SSSR count). The van der Waals surface area contributed by atoms with Crippen molar-refractivity contribution in [3.05, 3.63) is 0 Å². The molecule has 0 aliphatic rings. The van der Waals surface area contributed by atoms with E-state index in [1.165, 1.54) is 37.8 Å². The zero-order valence-corrected chi connectivity index (χ0v) is 14.3. The van der Waals surface area contributed by atoms with Crippen LogP contribution in [-0.2, 0) is 11.8 Å². The molecule has 0 saturated carbocycles. The third kappa shape index (κ3) is 6.56. The molecule has 8 heteroatoms. The molecule has 0 aromatic carbocycles. The SMILES string of the molecule is CCN(CC)CCCC(C)N.N#[C][Fe]([C]#N)([C]#N)([C]#N)[C]#N. The molecular weight excluding hydrogens is 322 g/mol. The number of nitrogens with zero attached hydrogens (tertiary/aromatic N) is 6. The molecule has 0 bridgehead atoms. The van der Waals surface area contributed by atoms with Crippen molar-refractivity contribution in [1.29, 1.82) is 26.3 Å². The molecule has 0 aliphatic carbocycles. The van der Waals surface area contributed by atoms with Crippen LogP contribution in [0.1, 0.15) is 33.6 Å². The first-order chi connectivity index (χ1) is 10.3. The van der Waals surface area contributed by atoms with Gasteiger partial charge in [-0.3, -0.25) is 0 Å². The fraction of sp³-hybridized carbons (Fsp3) is 0.643. The van der Waals surface area contributed by atoms with Gasteiger partial charge in [-0.25, -0.2) is 0 Å². The Morgan fingerprint density at radius 1 is 0.909 bits per heavy atom. The number of hydrogen-bond donors (Lipinski definition) is 1. The van der Waals surface area contributed by atoms with Gasteiger partial charge in [0.05, 0.1) is 0 Å². The molecule has 7 nitrogen and oxygen atoms in total. The van der Waals surface area contributed by atoms with Crippen molar-refractivity contribution in [1.82, 2.24) is 4.90 Å². The molecular formula is C14H22FeN7. The Kier molecular flexibility index (Phi) is 10.7. The monoisotopic (exact) mass is 344 g/mol. The fourth-order valence-electron chi connectivity index (χ4n) is 1.35. The molecule has 2 N–H and O–H groups in total. The Labute approximate surface area is 133 Å². The maximum atomic E-state index is 8.35. The van der Waals surface area contributed by atoms with E-state index >= 15 is 0 Å². The number of rotatable bonds is 6. The summed E-state index contributed by atoms with van der Waals surface area (Å²) >= 11 is -4.78. The van der Waals surface area contributed by atoms with E-state index in [1.807, 2.05) is 0 Å². The van der Waals surface area contributed by atoms with Crippen LogP contribution in [0.15, 0.2) is 0 Å². The van der Waals surface area contributed by atoms with Crippen molar-refractivity contribution in [3.63, 3.8) is 0 Å². The maximum absolute atomic E-state index is 8.35. The Balaban J connectivity index is 0. The quantitative estimate of drug-likeness (QED) is 0.718. The molecule has 1 unspecified atom stereocenters. The molecule has 0 saturated heterocycles. The standard InChI is InChI=1S/C9H22N2.5CN.Fe/c1-4-11(5-2)8-6-7-9(3)10;5*1-2;/h9H,4-8,10H2,1-3H3;;;;;;. The van der Waals surface area contributed by atoms with Crippen molar-refractivity contribution in [3.8, 4) is 24.8 Å². The Bertz CT molecular complexity index is 447. The summed E-state index contributed by atoms with van der Waals surface area (Å²) in [4.78, 5) is 8.56. The van der Waals surface area contributed by atoms with Crippen LogP contribution < -0.4 is 5.73 Å². The van der Waals surface area contributed by atoms with Crippen molar-refractivity contribution >= 4 is 0 Å². The van der Waals surface area contributed by atoms with Gasteiger partial charge in [-0.1, -0.05) is 13.8 Å². The van der Waals surface area contributed by atoms with Gasteiger partial charge in [0.15, 0.2) is 0 Å². The van der Waals surface area contributed by atoms with Crippen molar-refractivity contribution in [2.75, 3.05) is 19.6 Å². The Morgan fingerprint density at radius 2 is 1.27 bits per heavy atom. The second-order valence-electron chi connectivity index (χ2n) is 4.43. The van der Waals surface area contributed by atoms with Gasteiger partial charge in [0.1, 0.15) is 0 Å². The van der Waals surface area contributed by atoms with Crippen LogP contribution >= 0.6 is 0 Å². The van der Waals surface area contributed by atoms with Gasteiger partial charge in [0.25, 0.3) is 0 Å². The van der Waals surface area contributed by atoms with E-state index in [0.29, 0.717) is 6.04 Å². The van der Waals surface area contributed by atoms with E-state index < -0.39 is 11.8 Å². The van der Waals surface area contributed by atoms with Crippen molar-refractivity contribution in [2.24, 2.45) is 5.73 Å². The molecule has 121 valence electrons. The van der Waals surface area contributed by atoms with Gasteiger partial charge in [-0.05, 0) is 39.4 Å².